The van der Waals surface area contributed by atoms with Crippen molar-refractivity contribution >= 4 is 35.6 Å². The van der Waals surface area contributed by atoms with Crippen LogP contribution in [-0.4, -0.2) is 0 Å². The average Bonchev–Trinajstić information content (AvgIpc) is 2.45. The van der Waals surface area contributed by atoms with Gasteiger partial charge in [0.2, 0.25) is 0 Å². The fraction of sp³-hybridized carbons (Fsp3) is 0.143. The predicted molar refractivity (Wildman–Crippen MR) is 71.8 cm³/mol. The first-order chi connectivity index (χ1) is 7.36. The van der Waals surface area contributed by atoms with Crippen molar-refractivity contribution in [1.29, 1.82) is 0 Å². The molecule has 1 aromatic rings. The Hall–Kier alpha value is -1.34. The van der Waals surface area contributed by atoms with Crippen molar-refractivity contribution in [3.8, 4) is 0 Å². The quantitative estimate of drug-likeness (QED) is 0.660. The molecule has 0 unspecified atom stereocenters. The van der Waals surface area contributed by atoms with Gasteiger partial charge in [-0.25, -0.2) is 0 Å². The number of fused-ring (bicyclic) bond motifs is 1. The Morgan fingerprint density at radius 2 is 2.13 bits per heavy atom. The minimum absolute atomic E-state index is 1.03. The zero-order valence-electron chi connectivity index (χ0n) is 8.86. The summed E-state index contributed by atoms with van der Waals surface area (Å²) in [6.07, 6.45) is 16.0. The van der Waals surface area contributed by atoms with Crippen LogP contribution in [0.3, 0.4) is 0 Å². The van der Waals surface area contributed by atoms with E-state index in [1.165, 1.54) is 20.9 Å². The van der Waals surface area contributed by atoms with E-state index in [-0.39, 0.29) is 0 Å². The maximum Gasteiger partial charge on any atom is 0.0352 e. The van der Waals surface area contributed by atoms with Crippen LogP contribution in [0.2, 0.25) is 0 Å². The average molecular weight is 214 g/mol. The van der Waals surface area contributed by atoms with E-state index in [4.69, 9.17) is 0 Å². The van der Waals surface area contributed by atoms with Crippen molar-refractivity contribution in [3.05, 3.63) is 45.7 Å². The van der Waals surface area contributed by atoms with Crippen LogP contribution in [0, 0.1) is 0 Å². The Kier molecular flexibility index (Phi) is 3.02. The fourth-order valence-corrected chi connectivity index (χ4v) is 2.78. The van der Waals surface area contributed by atoms with Gasteiger partial charge in [-0.1, -0.05) is 43.0 Å². The van der Waals surface area contributed by atoms with E-state index < -0.39 is 0 Å². The Labute approximate surface area is 95.0 Å². The summed E-state index contributed by atoms with van der Waals surface area (Å²) in [6, 6.07) is 0. The van der Waals surface area contributed by atoms with Crippen LogP contribution < -0.4 is 0 Å². The molecule has 1 aliphatic rings. The lowest BCUT2D eigenvalue weighted by Crippen LogP contribution is -1.76. The summed E-state index contributed by atoms with van der Waals surface area (Å²) in [7, 11) is 0. The highest BCUT2D eigenvalue weighted by atomic mass is 32.1. The van der Waals surface area contributed by atoms with E-state index in [0.717, 1.165) is 6.42 Å². The van der Waals surface area contributed by atoms with Crippen LogP contribution >= 0.6 is 11.3 Å². The molecule has 1 aliphatic carbocycles. The molecule has 0 radical (unpaired) electrons. The number of allylic oxidation sites excluding steroid dienone is 3. The molecule has 0 aliphatic heterocycles. The van der Waals surface area contributed by atoms with Gasteiger partial charge >= 0.3 is 0 Å². The van der Waals surface area contributed by atoms with Crippen molar-refractivity contribution in [2.75, 3.05) is 0 Å². The lowest BCUT2D eigenvalue weighted by atomic mass is 10.1. The summed E-state index contributed by atoms with van der Waals surface area (Å²) in [6.45, 7) is 5.92. The molecule has 0 saturated carbocycles. The maximum atomic E-state index is 3.87. The third-order valence-corrected chi connectivity index (χ3v) is 3.57. The molecule has 0 bridgehead atoms. The van der Waals surface area contributed by atoms with E-state index in [2.05, 4.69) is 43.0 Å². The zero-order valence-corrected chi connectivity index (χ0v) is 9.68. The molecule has 0 N–H and O–H groups in total. The normalized spacial score (nSPS) is 14.2. The van der Waals surface area contributed by atoms with Crippen molar-refractivity contribution in [2.24, 2.45) is 0 Å². The van der Waals surface area contributed by atoms with Gasteiger partial charge in [-0.05, 0) is 30.5 Å². The molecule has 0 amide bonds. The standard InChI is InChI=1S/C14H14S/c1-3-8-11-12-9-6-5-7-10-14(12)15-13(11)4-2/h3-4,6-10H,2,5H2,1H3/b8-3-. The van der Waals surface area contributed by atoms with Crippen molar-refractivity contribution in [2.45, 2.75) is 13.3 Å². The molecular formula is C14H14S. The van der Waals surface area contributed by atoms with Crippen molar-refractivity contribution in [1.82, 2.24) is 0 Å². The summed E-state index contributed by atoms with van der Waals surface area (Å²) in [5.41, 5.74) is 2.64. The number of rotatable bonds is 2. The van der Waals surface area contributed by atoms with Crippen LogP contribution in [-0.2, 0) is 0 Å². The Morgan fingerprint density at radius 3 is 2.87 bits per heavy atom. The van der Waals surface area contributed by atoms with Crippen LogP contribution in [0.25, 0.3) is 24.3 Å². The smallest absolute Gasteiger partial charge is 0.0352 e. The first kappa shape index (κ1) is 10.2. The van der Waals surface area contributed by atoms with E-state index in [1.54, 1.807) is 0 Å². The summed E-state index contributed by atoms with van der Waals surface area (Å²) < 4.78 is 0. The largest absolute Gasteiger partial charge is 0.135 e. The lowest BCUT2D eigenvalue weighted by Gasteiger charge is -1.95. The predicted octanol–water partition coefficient (Wildman–Crippen LogP) is 4.85. The molecule has 0 saturated heterocycles. The molecule has 0 nitrogen and oxygen atoms in total. The van der Waals surface area contributed by atoms with Gasteiger partial charge in [0.15, 0.2) is 0 Å². The third kappa shape index (κ3) is 1.88. The Morgan fingerprint density at radius 1 is 1.33 bits per heavy atom. The SMILES string of the molecule is C=Cc1sc2c(c1/C=C\C)C=CCC=C2. The van der Waals surface area contributed by atoms with Gasteiger partial charge in [-0.3, -0.25) is 0 Å². The van der Waals surface area contributed by atoms with E-state index in [9.17, 15) is 0 Å². The van der Waals surface area contributed by atoms with Crippen LogP contribution in [0.5, 0.6) is 0 Å². The second kappa shape index (κ2) is 4.45. The molecule has 0 fully saturated rings. The third-order valence-electron chi connectivity index (χ3n) is 2.39. The molecule has 1 heteroatoms. The fourth-order valence-electron chi connectivity index (χ4n) is 1.72. The summed E-state index contributed by atoms with van der Waals surface area (Å²) in [4.78, 5) is 2.60. The second-order valence-electron chi connectivity index (χ2n) is 3.40. The minimum atomic E-state index is 1.03. The minimum Gasteiger partial charge on any atom is -0.135 e. The molecular weight excluding hydrogens is 200 g/mol. The zero-order chi connectivity index (χ0) is 10.7. The lowest BCUT2D eigenvalue weighted by molar-refractivity contribution is 1.44. The molecule has 0 spiro atoms. The second-order valence-corrected chi connectivity index (χ2v) is 4.49. The molecule has 0 aromatic carbocycles. The van der Waals surface area contributed by atoms with E-state index >= 15 is 0 Å². The summed E-state index contributed by atoms with van der Waals surface area (Å²) >= 11 is 1.81. The molecule has 1 aromatic heterocycles. The maximum absolute atomic E-state index is 3.87. The molecule has 1 heterocycles. The molecule has 15 heavy (non-hydrogen) atoms. The number of hydrogen-bond acceptors (Lipinski definition) is 1. The number of hydrogen-bond donors (Lipinski definition) is 0. The van der Waals surface area contributed by atoms with Gasteiger partial charge in [-0.2, -0.15) is 0 Å². The first-order valence-electron chi connectivity index (χ1n) is 5.12. The molecule has 0 atom stereocenters. The van der Waals surface area contributed by atoms with Gasteiger partial charge in [0.1, 0.15) is 0 Å². The Bertz CT molecular complexity index is 456. The Balaban J connectivity index is 2.65. The van der Waals surface area contributed by atoms with E-state index in [0.29, 0.717) is 0 Å². The van der Waals surface area contributed by atoms with Gasteiger partial charge in [0.05, 0.1) is 0 Å². The van der Waals surface area contributed by atoms with Gasteiger partial charge in [0.25, 0.3) is 0 Å². The van der Waals surface area contributed by atoms with Gasteiger partial charge in [0, 0.05) is 9.75 Å². The van der Waals surface area contributed by atoms with Crippen LogP contribution in [0.15, 0.2) is 24.8 Å². The van der Waals surface area contributed by atoms with Crippen LogP contribution in [0.1, 0.15) is 34.2 Å². The topological polar surface area (TPSA) is 0 Å². The highest BCUT2D eigenvalue weighted by Gasteiger charge is 2.11. The first-order valence-corrected chi connectivity index (χ1v) is 5.93. The van der Waals surface area contributed by atoms with Crippen molar-refractivity contribution in [3.63, 3.8) is 0 Å². The van der Waals surface area contributed by atoms with E-state index in [1.807, 2.05) is 24.3 Å². The van der Waals surface area contributed by atoms with Crippen LogP contribution in [0.4, 0.5) is 0 Å². The van der Waals surface area contributed by atoms with Crippen molar-refractivity contribution < 1.29 is 0 Å². The van der Waals surface area contributed by atoms with Gasteiger partial charge < -0.3 is 0 Å². The number of thiophene rings is 1. The highest BCUT2D eigenvalue weighted by molar-refractivity contribution is 7.14. The molecule has 2 rings (SSSR count). The summed E-state index contributed by atoms with van der Waals surface area (Å²) in [5.74, 6) is 0. The monoisotopic (exact) mass is 214 g/mol. The highest BCUT2D eigenvalue weighted by Crippen LogP contribution is 2.34. The van der Waals surface area contributed by atoms with Gasteiger partial charge in [-0.15, -0.1) is 11.3 Å². The summed E-state index contributed by atoms with van der Waals surface area (Å²) in [5, 5.41) is 0. The molecule has 76 valence electrons.